The topological polar surface area (TPSA) is 56.1 Å². The van der Waals surface area contributed by atoms with Gasteiger partial charge >= 0.3 is 0 Å². The summed E-state index contributed by atoms with van der Waals surface area (Å²) >= 11 is 6.05. The van der Waals surface area contributed by atoms with E-state index in [1.54, 1.807) is 18.6 Å². The Morgan fingerprint density at radius 3 is 2.82 bits per heavy atom. The summed E-state index contributed by atoms with van der Waals surface area (Å²) in [5.41, 5.74) is 0. The van der Waals surface area contributed by atoms with Crippen LogP contribution in [0.5, 0.6) is 5.75 Å². The van der Waals surface area contributed by atoms with Gasteiger partial charge in [0.2, 0.25) is 0 Å². The minimum atomic E-state index is 0.577. The van der Waals surface area contributed by atoms with E-state index in [2.05, 4.69) is 20.2 Å². The second-order valence-electron chi connectivity index (χ2n) is 5.57. The summed E-state index contributed by atoms with van der Waals surface area (Å²) in [5.74, 6) is 1.32. The SMILES string of the molecule is Clc1cnccc1OCC1CCN(CCn2ccnn2)CC1. The smallest absolute Gasteiger partial charge is 0.141 e. The molecule has 1 saturated heterocycles. The summed E-state index contributed by atoms with van der Waals surface area (Å²) in [5, 5.41) is 8.39. The highest BCUT2D eigenvalue weighted by molar-refractivity contribution is 6.31. The predicted molar refractivity (Wildman–Crippen MR) is 83.9 cm³/mol. The molecule has 0 radical (unpaired) electrons. The van der Waals surface area contributed by atoms with E-state index >= 15 is 0 Å². The largest absolute Gasteiger partial charge is 0.492 e. The second kappa shape index (κ2) is 7.56. The molecule has 22 heavy (non-hydrogen) atoms. The summed E-state index contributed by atoms with van der Waals surface area (Å²) in [4.78, 5) is 6.43. The number of ether oxygens (including phenoxy) is 1. The molecule has 0 N–H and O–H groups in total. The Morgan fingerprint density at radius 2 is 2.09 bits per heavy atom. The Morgan fingerprint density at radius 1 is 1.23 bits per heavy atom. The first-order valence-electron chi connectivity index (χ1n) is 7.60. The Hall–Kier alpha value is -1.66. The van der Waals surface area contributed by atoms with Crippen molar-refractivity contribution in [1.29, 1.82) is 0 Å². The van der Waals surface area contributed by atoms with Crippen LogP contribution in [0.4, 0.5) is 0 Å². The Labute approximate surface area is 135 Å². The number of aromatic nitrogens is 4. The molecule has 7 heteroatoms. The molecule has 0 aromatic carbocycles. The van der Waals surface area contributed by atoms with Crippen LogP contribution in [-0.4, -0.2) is 51.1 Å². The zero-order valence-corrected chi connectivity index (χ0v) is 13.2. The number of likely N-dealkylation sites (tertiary alicyclic amines) is 1. The summed E-state index contributed by atoms with van der Waals surface area (Å²) in [7, 11) is 0. The third-order valence-electron chi connectivity index (χ3n) is 4.03. The fraction of sp³-hybridized carbons (Fsp3) is 0.533. The maximum Gasteiger partial charge on any atom is 0.141 e. The highest BCUT2D eigenvalue weighted by Crippen LogP contribution is 2.24. The van der Waals surface area contributed by atoms with E-state index in [0.717, 1.165) is 51.4 Å². The van der Waals surface area contributed by atoms with Crippen molar-refractivity contribution >= 4 is 11.6 Å². The van der Waals surface area contributed by atoms with E-state index in [0.29, 0.717) is 10.9 Å². The molecule has 2 aromatic rings. The van der Waals surface area contributed by atoms with Crippen molar-refractivity contribution in [3.05, 3.63) is 35.9 Å². The van der Waals surface area contributed by atoms with Gasteiger partial charge in [-0.15, -0.1) is 5.10 Å². The Bertz CT molecular complexity index is 569. The summed E-state index contributed by atoms with van der Waals surface area (Å²) in [6, 6.07) is 1.82. The van der Waals surface area contributed by atoms with Gasteiger partial charge < -0.3 is 9.64 Å². The third-order valence-corrected chi connectivity index (χ3v) is 4.32. The van der Waals surface area contributed by atoms with Gasteiger partial charge in [-0.05, 0) is 31.8 Å². The van der Waals surface area contributed by atoms with Crippen molar-refractivity contribution in [1.82, 2.24) is 24.9 Å². The monoisotopic (exact) mass is 321 g/mol. The van der Waals surface area contributed by atoms with Crippen LogP contribution in [-0.2, 0) is 6.54 Å². The first-order valence-corrected chi connectivity index (χ1v) is 7.98. The lowest BCUT2D eigenvalue weighted by molar-refractivity contribution is 0.137. The molecule has 0 amide bonds. The molecule has 1 aliphatic rings. The van der Waals surface area contributed by atoms with Crippen molar-refractivity contribution in [2.75, 3.05) is 26.2 Å². The standard InChI is InChI=1S/C15H20ClN5O/c16-14-11-17-4-1-15(14)22-12-13-2-6-20(7-3-13)9-10-21-8-5-18-19-21/h1,4-5,8,11,13H,2-3,6-7,9-10,12H2. The van der Waals surface area contributed by atoms with Gasteiger partial charge in [0.1, 0.15) is 10.8 Å². The number of hydrogen-bond donors (Lipinski definition) is 0. The first kappa shape index (κ1) is 15.2. The quantitative estimate of drug-likeness (QED) is 0.815. The molecule has 0 saturated carbocycles. The number of piperidine rings is 1. The highest BCUT2D eigenvalue weighted by atomic mass is 35.5. The second-order valence-corrected chi connectivity index (χ2v) is 5.98. The van der Waals surface area contributed by atoms with Gasteiger partial charge in [-0.25, -0.2) is 0 Å². The third kappa shape index (κ3) is 4.18. The lowest BCUT2D eigenvalue weighted by atomic mass is 9.98. The van der Waals surface area contributed by atoms with Gasteiger partial charge in [-0.1, -0.05) is 16.8 Å². The minimum Gasteiger partial charge on any atom is -0.492 e. The van der Waals surface area contributed by atoms with Crippen LogP contribution < -0.4 is 4.74 Å². The average Bonchev–Trinajstić information content (AvgIpc) is 3.07. The fourth-order valence-electron chi connectivity index (χ4n) is 2.66. The summed E-state index contributed by atoms with van der Waals surface area (Å²) < 4.78 is 7.69. The predicted octanol–water partition coefficient (Wildman–Crippen LogP) is 2.12. The van der Waals surface area contributed by atoms with Gasteiger partial charge in [0.15, 0.2) is 0 Å². The number of nitrogens with zero attached hydrogens (tertiary/aromatic N) is 5. The Kier molecular flexibility index (Phi) is 5.24. The van der Waals surface area contributed by atoms with Crippen molar-refractivity contribution in [3.63, 3.8) is 0 Å². The van der Waals surface area contributed by atoms with Crippen LogP contribution in [0.3, 0.4) is 0 Å². The van der Waals surface area contributed by atoms with Crippen molar-refractivity contribution in [2.45, 2.75) is 19.4 Å². The molecule has 0 unspecified atom stereocenters. The number of rotatable bonds is 6. The van der Waals surface area contributed by atoms with Crippen molar-refractivity contribution in [3.8, 4) is 5.75 Å². The van der Waals surface area contributed by atoms with Crippen LogP contribution >= 0.6 is 11.6 Å². The lowest BCUT2D eigenvalue weighted by Gasteiger charge is -2.31. The van der Waals surface area contributed by atoms with Crippen LogP contribution in [0.1, 0.15) is 12.8 Å². The van der Waals surface area contributed by atoms with E-state index in [1.807, 2.05) is 16.9 Å². The van der Waals surface area contributed by atoms with Crippen molar-refractivity contribution < 1.29 is 4.74 Å². The van der Waals surface area contributed by atoms with Gasteiger partial charge in [-0.3, -0.25) is 9.67 Å². The molecular weight excluding hydrogens is 302 g/mol. The van der Waals surface area contributed by atoms with E-state index in [4.69, 9.17) is 16.3 Å². The number of pyridine rings is 1. The van der Waals surface area contributed by atoms with E-state index in [1.165, 1.54) is 0 Å². The maximum absolute atomic E-state index is 6.05. The van der Waals surface area contributed by atoms with E-state index < -0.39 is 0 Å². The summed E-state index contributed by atoms with van der Waals surface area (Å²) in [6.45, 7) is 4.85. The van der Waals surface area contributed by atoms with Crippen LogP contribution in [0.25, 0.3) is 0 Å². The zero-order valence-electron chi connectivity index (χ0n) is 12.4. The van der Waals surface area contributed by atoms with E-state index in [9.17, 15) is 0 Å². The minimum absolute atomic E-state index is 0.577. The number of hydrogen-bond acceptors (Lipinski definition) is 5. The van der Waals surface area contributed by atoms with Gasteiger partial charge in [0.25, 0.3) is 0 Å². The molecule has 1 fully saturated rings. The molecule has 3 rings (SSSR count). The highest BCUT2D eigenvalue weighted by Gasteiger charge is 2.19. The number of halogens is 1. The molecule has 2 aromatic heterocycles. The normalized spacial score (nSPS) is 16.8. The van der Waals surface area contributed by atoms with Crippen LogP contribution in [0, 0.1) is 5.92 Å². The lowest BCUT2D eigenvalue weighted by Crippen LogP contribution is -2.37. The van der Waals surface area contributed by atoms with Crippen molar-refractivity contribution in [2.24, 2.45) is 5.92 Å². The van der Waals surface area contributed by atoms with Crippen LogP contribution in [0.2, 0.25) is 5.02 Å². The average molecular weight is 322 g/mol. The van der Waals surface area contributed by atoms with Gasteiger partial charge in [0, 0.05) is 31.2 Å². The molecule has 0 aliphatic carbocycles. The molecule has 6 nitrogen and oxygen atoms in total. The molecule has 0 atom stereocenters. The molecule has 0 bridgehead atoms. The van der Waals surface area contributed by atoms with Gasteiger partial charge in [0.05, 0.1) is 19.3 Å². The summed E-state index contributed by atoms with van der Waals surface area (Å²) in [6.07, 6.45) is 9.24. The van der Waals surface area contributed by atoms with Crippen LogP contribution in [0.15, 0.2) is 30.9 Å². The molecule has 1 aliphatic heterocycles. The van der Waals surface area contributed by atoms with E-state index in [-0.39, 0.29) is 0 Å². The Balaban J connectivity index is 1.37. The molecule has 118 valence electrons. The fourth-order valence-corrected chi connectivity index (χ4v) is 2.83. The first-order chi connectivity index (χ1) is 10.8. The maximum atomic E-state index is 6.05. The molecule has 0 spiro atoms. The molecule has 3 heterocycles. The zero-order chi connectivity index (χ0) is 15.2. The van der Waals surface area contributed by atoms with Gasteiger partial charge in [-0.2, -0.15) is 0 Å². The molecular formula is C15H20ClN5O.